The predicted octanol–water partition coefficient (Wildman–Crippen LogP) is 3.86. The minimum atomic E-state index is -1.09. The lowest BCUT2D eigenvalue weighted by Crippen LogP contribution is -2.60. The fourth-order valence-corrected chi connectivity index (χ4v) is 12.0. The molecule has 0 bridgehead atoms. The number of esters is 1. The number of rotatable bonds is 65. The van der Waals surface area contributed by atoms with Gasteiger partial charge in [-0.1, -0.05) is 47.1 Å². The molecule has 1 aromatic carbocycles. The molecule has 0 unspecified atom stereocenters. The summed E-state index contributed by atoms with van der Waals surface area (Å²) in [6.45, 7) is 21.9. The highest BCUT2D eigenvalue weighted by molar-refractivity contribution is 7.09. The fourth-order valence-electron chi connectivity index (χ4n) is 11.2. The maximum Gasteiger partial charge on any atom is 0.411 e. The number of carboxylic acid groups (broad SMARTS) is 1. The molecule has 1 aromatic heterocycles. The van der Waals surface area contributed by atoms with Crippen LogP contribution in [0, 0.1) is 17.8 Å². The molecular formula is C78H127N11O25S. The Morgan fingerprint density at radius 1 is 0.635 bits per heavy atom. The Morgan fingerprint density at radius 2 is 1.17 bits per heavy atom. The van der Waals surface area contributed by atoms with Gasteiger partial charge in [-0.25, -0.2) is 9.78 Å². The van der Waals surface area contributed by atoms with Crippen LogP contribution < -0.4 is 37.2 Å². The molecule has 115 heavy (non-hydrogen) atoms. The summed E-state index contributed by atoms with van der Waals surface area (Å²) in [5.41, 5.74) is -0.397. The average Bonchev–Trinajstić information content (AvgIpc) is 1.75. The van der Waals surface area contributed by atoms with Crippen LogP contribution in [0.1, 0.15) is 154 Å². The number of unbranched alkanes of at least 4 members (excludes halogenated alkanes) is 1. The molecule has 2 heterocycles. The second-order valence-corrected chi connectivity index (χ2v) is 29.3. The molecule has 10 amide bonds. The van der Waals surface area contributed by atoms with Crippen molar-refractivity contribution >= 4 is 88.2 Å². The van der Waals surface area contributed by atoms with Crippen molar-refractivity contribution in [2.24, 2.45) is 17.8 Å². The summed E-state index contributed by atoms with van der Waals surface area (Å²) in [7, 11) is 5.22. The van der Waals surface area contributed by atoms with E-state index >= 15 is 0 Å². The first-order valence-corrected chi connectivity index (χ1v) is 40.3. The molecule has 0 saturated heterocycles. The number of thiazole rings is 1. The molecule has 7 atom stereocenters. The number of nitrogens with zero attached hydrogens (tertiary/aromatic N) is 4. The van der Waals surface area contributed by atoms with Gasteiger partial charge in [-0.3, -0.25) is 67.9 Å². The Bertz CT molecular complexity index is 3310. The normalized spacial score (nSPS) is 14.0. The standard InChI is InChI=1S/C78H127N11O25S/c1-13-54(5)70(86-76(102)78(8,9)87(10)11)74(99)88(12)62(53(3)4)50-64(114-56(7)90)73-84-61(52-115-73)72(98)82-58(47-55(6)75(100)101)48-57-22-23-63(91)60(49-57)85-77(103)113-46-45-111-42-41-109-38-37-107-34-33-105-30-29-104-31-32-106-35-36-108-39-40-110-43-44-112-51-67(94)80-26-16-15-19-59(71(97)81-27-17-20-65(92)79-14-2)83-66(93)21-18-28-89-68(95)24-25-69(89)96/h22-25,49,52-55,58-59,62,64,70,91H,13-21,26-48,50-51H2,1-12H3,(H,79,92)(H,80,94)(H,81,97)(H,82,98)(H,83,93)(H,85,103)(H,86,102)(H,100,101)/t54-,55-,58+,59-,62+,64+,70-/m0/s1. The number of benzene rings is 1. The van der Waals surface area contributed by atoms with Crippen LogP contribution in [0.3, 0.4) is 0 Å². The first kappa shape index (κ1) is 101. The van der Waals surface area contributed by atoms with Crippen molar-refractivity contribution in [2.45, 2.75) is 169 Å². The van der Waals surface area contributed by atoms with Gasteiger partial charge in [0.05, 0.1) is 129 Å². The summed E-state index contributed by atoms with van der Waals surface area (Å²) in [6.07, 6.45) is 3.47. The van der Waals surface area contributed by atoms with Crippen LogP contribution in [-0.2, 0) is 106 Å². The molecule has 2 aromatic rings. The Hall–Kier alpha value is -8.37. The zero-order valence-corrected chi connectivity index (χ0v) is 69.9. The van der Waals surface area contributed by atoms with Crippen molar-refractivity contribution in [3.8, 4) is 5.75 Å². The molecule has 0 spiro atoms. The van der Waals surface area contributed by atoms with Crippen LogP contribution in [0.25, 0.3) is 0 Å². The SMILES string of the molecule is CCNC(=O)CCCNC(=O)[C@H](CCCCNC(=O)COCCOCCOCCOCCOCCOCCOCCOCCOCCOC(=O)Nc1cc(C[C@@H](C[C@H](C)C(=O)O)NC(=O)c2csc([C@@H](C[C@H](C(C)C)N(C)C(=O)[C@@H](NC(=O)C(C)(C)N(C)C)[C@@H](C)CC)OC(C)=O)n2)ccc1O)NC(=O)CCCN1C(=O)C=CC1=O. The third-order valence-corrected chi connectivity index (χ3v) is 19.5. The molecule has 1 aliphatic heterocycles. The lowest BCUT2D eigenvalue weighted by molar-refractivity contribution is -0.149. The van der Waals surface area contributed by atoms with E-state index in [-0.39, 0.29) is 157 Å². The third-order valence-electron chi connectivity index (χ3n) is 18.5. The number of aromatic hydroxyl groups is 1. The number of anilines is 1. The average molecular weight is 1650 g/mol. The molecule has 0 radical (unpaired) electrons. The minimum Gasteiger partial charge on any atom is -0.506 e. The van der Waals surface area contributed by atoms with Gasteiger partial charge in [0.15, 0.2) is 6.10 Å². The zero-order valence-electron chi connectivity index (χ0n) is 69.1. The summed E-state index contributed by atoms with van der Waals surface area (Å²) in [5, 5.41) is 41.7. The topological polar surface area (TPSA) is 454 Å². The molecular weight excluding hydrogens is 1520 g/mol. The number of carboxylic acids is 1. The number of aliphatic carboxylic acids is 1. The van der Waals surface area contributed by atoms with Gasteiger partial charge in [-0.2, -0.15) is 0 Å². The molecule has 0 saturated carbocycles. The number of phenolic OH excluding ortho intramolecular Hbond substituents is 1. The second kappa shape index (κ2) is 57.6. The number of imide groups is 1. The van der Waals surface area contributed by atoms with E-state index in [9.17, 15) is 67.7 Å². The van der Waals surface area contributed by atoms with Crippen molar-refractivity contribution in [2.75, 3.05) is 178 Å². The Morgan fingerprint density at radius 3 is 1.70 bits per heavy atom. The van der Waals surface area contributed by atoms with Crippen molar-refractivity contribution in [3.05, 3.63) is 52.0 Å². The van der Waals surface area contributed by atoms with E-state index in [1.807, 2.05) is 34.6 Å². The molecule has 650 valence electrons. The van der Waals surface area contributed by atoms with Gasteiger partial charge in [-0.05, 0) is 109 Å². The number of hydrogen-bond donors (Lipinski definition) is 9. The Balaban J connectivity index is 1.21. The Labute approximate surface area is 679 Å². The van der Waals surface area contributed by atoms with Crippen molar-refractivity contribution in [3.63, 3.8) is 0 Å². The number of likely N-dealkylation sites (N-methyl/N-ethyl adjacent to an activating group) is 2. The summed E-state index contributed by atoms with van der Waals surface area (Å²) in [4.78, 5) is 162. The molecule has 36 nitrogen and oxygen atoms in total. The van der Waals surface area contributed by atoms with E-state index in [1.165, 1.54) is 43.5 Å². The van der Waals surface area contributed by atoms with Crippen molar-refractivity contribution < 1.29 is 120 Å². The van der Waals surface area contributed by atoms with E-state index in [2.05, 4.69) is 42.2 Å². The predicted molar refractivity (Wildman–Crippen MR) is 423 cm³/mol. The van der Waals surface area contributed by atoms with Gasteiger partial charge in [0, 0.05) is 89.0 Å². The van der Waals surface area contributed by atoms with Crippen LogP contribution in [0.2, 0.25) is 0 Å². The van der Waals surface area contributed by atoms with Crippen LogP contribution in [0.4, 0.5) is 10.5 Å². The van der Waals surface area contributed by atoms with Gasteiger partial charge in [0.25, 0.3) is 17.7 Å². The number of carbonyl (C=O) groups excluding carboxylic acids is 11. The van der Waals surface area contributed by atoms with E-state index < -0.39 is 89.3 Å². The van der Waals surface area contributed by atoms with Gasteiger partial charge in [0.1, 0.15) is 41.7 Å². The number of aromatic nitrogens is 1. The molecule has 3 rings (SSSR count). The monoisotopic (exact) mass is 1650 g/mol. The first-order valence-electron chi connectivity index (χ1n) is 39.4. The smallest absolute Gasteiger partial charge is 0.411 e. The number of nitrogens with one attached hydrogen (secondary N) is 7. The summed E-state index contributed by atoms with van der Waals surface area (Å²) < 4.78 is 60.6. The van der Waals surface area contributed by atoms with Crippen LogP contribution in [-0.4, -0.2) is 304 Å². The summed E-state index contributed by atoms with van der Waals surface area (Å²) in [6, 6.07) is 1.39. The highest BCUT2D eigenvalue weighted by Gasteiger charge is 2.39. The molecule has 0 aliphatic carbocycles. The highest BCUT2D eigenvalue weighted by atomic mass is 32.1. The van der Waals surface area contributed by atoms with E-state index in [0.717, 1.165) is 16.2 Å². The van der Waals surface area contributed by atoms with E-state index in [4.69, 9.17) is 52.1 Å². The second-order valence-electron chi connectivity index (χ2n) is 28.4. The molecule has 9 N–H and O–H groups in total. The van der Waals surface area contributed by atoms with Gasteiger partial charge in [-0.15, -0.1) is 11.3 Å². The highest BCUT2D eigenvalue weighted by Crippen LogP contribution is 2.32. The lowest BCUT2D eigenvalue weighted by atomic mass is 9.92. The fraction of sp³-hybridized carbons (Fsp3) is 0.705. The largest absolute Gasteiger partial charge is 0.506 e. The molecule has 0 fully saturated rings. The zero-order chi connectivity index (χ0) is 85.1. The molecule has 37 heteroatoms. The maximum atomic E-state index is 14.3. The van der Waals surface area contributed by atoms with Gasteiger partial charge < -0.3 is 99.1 Å². The minimum absolute atomic E-state index is 0.00333. The third kappa shape index (κ3) is 41.9. The summed E-state index contributed by atoms with van der Waals surface area (Å²) >= 11 is 1.08. The van der Waals surface area contributed by atoms with Crippen LogP contribution in [0.5, 0.6) is 5.75 Å². The van der Waals surface area contributed by atoms with Crippen LogP contribution in [0.15, 0.2) is 35.7 Å². The number of amides is 10. The van der Waals surface area contributed by atoms with E-state index in [1.54, 1.807) is 50.9 Å². The van der Waals surface area contributed by atoms with Crippen molar-refractivity contribution in [1.29, 1.82) is 0 Å². The number of hydrogen-bond acceptors (Lipinski definition) is 27. The quantitative estimate of drug-likeness (QED) is 0.0196. The summed E-state index contributed by atoms with van der Waals surface area (Å²) in [5.74, 6) is -6.63. The maximum absolute atomic E-state index is 14.3. The Kier molecular flexibility index (Phi) is 50.5. The van der Waals surface area contributed by atoms with Gasteiger partial charge >= 0.3 is 18.0 Å². The van der Waals surface area contributed by atoms with Crippen LogP contribution >= 0.6 is 11.3 Å². The first-order chi connectivity index (χ1) is 54.9. The number of ether oxygens (including phenoxy) is 11. The number of phenols is 1. The van der Waals surface area contributed by atoms with Gasteiger partial charge in [0.2, 0.25) is 35.4 Å². The molecule has 1 aliphatic rings. The number of carbonyl (C=O) groups is 12. The van der Waals surface area contributed by atoms with E-state index in [0.29, 0.717) is 129 Å². The van der Waals surface area contributed by atoms with Crippen molar-refractivity contribution in [1.82, 2.24) is 51.6 Å². The lowest BCUT2D eigenvalue weighted by Gasteiger charge is -2.38.